The average Bonchev–Trinajstić information content (AvgIpc) is 2.65. The first-order valence-corrected chi connectivity index (χ1v) is 10.5. The molecule has 0 bridgehead atoms. The Morgan fingerprint density at radius 2 is 1.50 bits per heavy atom. The van der Waals surface area contributed by atoms with Crippen LogP contribution in [-0.2, 0) is 10.1 Å². The van der Waals surface area contributed by atoms with E-state index in [1.165, 1.54) is 12.1 Å². The van der Waals surface area contributed by atoms with Crippen molar-refractivity contribution < 1.29 is 27.4 Å². The van der Waals surface area contributed by atoms with Crippen LogP contribution in [0.25, 0.3) is 0 Å². The summed E-state index contributed by atoms with van der Waals surface area (Å²) in [5.41, 5.74) is 0.384. The van der Waals surface area contributed by atoms with Gasteiger partial charge in [0.15, 0.2) is 5.78 Å². The molecular formula is C21H27NO5S. The number of ketones is 1. The van der Waals surface area contributed by atoms with Crippen LogP contribution < -0.4 is 0 Å². The Kier molecular flexibility index (Phi) is 6.77. The van der Waals surface area contributed by atoms with Crippen molar-refractivity contribution in [3.05, 3.63) is 65.7 Å². The molecule has 0 spiro atoms. The normalized spacial score (nSPS) is 17.9. The average molecular weight is 406 g/mol. The molecule has 28 heavy (non-hydrogen) atoms. The van der Waals surface area contributed by atoms with E-state index in [9.17, 15) is 22.9 Å². The van der Waals surface area contributed by atoms with Gasteiger partial charge in [0.2, 0.25) is 0 Å². The van der Waals surface area contributed by atoms with Crippen LogP contribution in [0.1, 0.15) is 28.8 Å². The second-order valence-corrected chi connectivity index (χ2v) is 9.26. The number of carbonyl (C=O) groups is 1. The van der Waals surface area contributed by atoms with E-state index in [0.717, 1.165) is 23.1 Å². The largest absolute Gasteiger partial charge is 0.744 e. The van der Waals surface area contributed by atoms with E-state index in [-0.39, 0.29) is 10.7 Å². The van der Waals surface area contributed by atoms with Crippen molar-refractivity contribution in [3.63, 3.8) is 0 Å². The van der Waals surface area contributed by atoms with Crippen LogP contribution >= 0.6 is 0 Å². The maximum Gasteiger partial charge on any atom is 0.194 e. The number of quaternary nitrogens is 1. The summed E-state index contributed by atoms with van der Waals surface area (Å²) in [4.78, 5) is 12.1. The number of rotatable bonds is 3. The molecule has 0 atom stereocenters. The molecule has 1 aliphatic heterocycles. The fraction of sp³-hybridized carbons (Fsp3) is 0.381. The molecule has 0 aromatic heterocycles. The summed E-state index contributed by atoms with van der Waals surface area (Å²) in [7, 11) is -0.00654. The van der Waals surface area contributed by atoms with E-state index < -0.39 is 15.7 Å². The van der Waals surface area contributed by atoms with Crippen LogP contribution in [0, 0.1) is 6.92 Å². The second-order valence-electron chi connectivity index (χ2n) is 7.88. The van der Waals surface area contributed by atoms with E-state index in [2.05, 4.69) is 14.1 Å². The van der Waals surface area contributed by atoms with E-state index in [0.29, 0.717) is 18.4 Å². The second kappa shape index (κ2) is 8.53. The lowest BCUT2D eigenvalue weighted by Gasteiger charge is -2.40. The Bertz CT molecular complexity index is 896. The van der Waals surface area contributed by atoms with Gasteiger partial charge in [0, 0.05) is 18.4 Å². The molecule has 0 saturated carbocycles. The molecule has 0 radical (unpaired) electrons. The van der Waals surface area contributed by atoms with E-state index in [4.69, 9.17) is 0 Å². The summed E-state index contributed by atoms with van der Waals surface area (Å²) >= 11 is 0. The lowest BCUT2D eigenvalue weighted by molar-refractivity contribution is -0.896. The number of piperidine rings is 1. The van der Waals surface area contributed by atoms with Crippen molar-refractivity contribution >= 4 is 15.9 Å². The molecule has 0 unspecified atom stereocenters. The third-order valence-electron chi connectivity index (χ3n) is 5.03. The molecule has 2 aromatic carbocycles. The number of carbonyl (C=O) groups excluding carboxylic acids is 1. The van der Waals surface area contributed by atoms with Crippen molar-refractivity contribution in [1.29, 1.82) is 0 Å². The Morgan fingerprint density at radius 1 is 1.00 bits per heavy atom. The fourth-order valence-electron chi connectivity index (χ4n) is 3.00. The highest BCUT2D eigenvalue weighted by atomic mass is 32.2. The number of benzene rings is 2. The Balaban J connectivity index is 0.000000221. The molecule has 1 aliphatic rings. The topological polar surface area (TPSA) is 94.5 Å². The fourth-order valence-corrected chi connectivity index (χ4v) is 3.47. The molecular weight excluding hydrogens is 378 g/mol. The van der Waals surface area contributed by atoms with Gasteiger partial charge in [0.1, 0.15) is 15.7 Å². The molecule has 0 aliphatic carbocycles. The molecule has 1 fully saturated rings. The summed E-state index contributed by atoms with van der Waals surface area (Å²) in [5, 5.41) is 10.5. The molecule has 0 amide bonds. The smallest absolute Gasteiger partial charge is 0.194 e. The number of hydrogen-bond donors (Lipinski definition) is 1. The first-order chi connectivity index (χ1) is 12.9. The van der Waals surface area contributed by atoms with Crippen LogP contribution in [-0.4, -0.2) is 61.1 Å². The number of Topliss-reactive ketones (excluding diaryl/α,β-unsaturated/α-hetero) is 1. The van der Waals surface area contributed by atoms with Crippen LogP contribution in [0.5, 0.6) is 0 Å². The van der Waals surface area contributed by atoms with Gasteiger partial charge in [-0.15, -0.1) is 0 Å². The third-order valence-corrected chi connectivity index (χ3v) is 5.88. The van der Waals surface area contributed by atoms with Crippen molar-refractivity contribution in [3.8, 4) is 0 Å². The zero-order valence-electron chi connectivity index (χ0n) is 16.5. The number of hydrogen-bond acceptors (Lipinski definition) is 5. The molecule has 1 N–H and O–H groups in total. The van der Waals surface area contributed by atoms with Crippen molar-refractivity contribution in [2.24, 2.45) is 0 Å². The predicted molar refractivity (Wildman–Crippen MR) is 106 cm³/mol. The van der Waals surface area contributed by atoms with Gasteiger partial charge in [-0.1, -0.05) is 48.0 Å². The third kappa shape index (κ3) is 5.97. The molecule has 7 heteroatoms. The molecule has 1 heterocycles. The van der Waals surface area contributed by atoms with Crippen molar-refractivity contribution in [2.75, 3.05) is 27.2 Å². The highest BCUT2D eigenvalue weighted by molar-refractivity contribution is 7.85. The molecule has 152 valence electrons. The first-order valence-electron chi connectivity index (χ1n) is 9.10. The zero-order chi connectivity index (χ0) is 21.0. The van der Waals surface area contributed by atoms with E-state index in [1.54, 1.807) is 24.3 Å². The van der Waals surface area contributed by atoms with E-state index >= 15 is 0 Å². The van der Waals surface area contributed by atoms with Gasteiger partial charge in [0.05, 0.1) is 32.1 Å². The Morgan fingerprint density at radius 3 is 1.96 bits per heavy atom. The SMILES string of the molecule is C[N+]1(C)CCC(O)(C(=O)c2ccccc2)CC1.Cc1ccc(S(=O)(=O)[O-])cc1. The molecule has 3 rings (SSSR count). The minimum atomic E-state index is -4.27. The summed E-state index contributed by atoms with van der Waals surface area (Å²) in [6, 6.07) is 14.9. The molecule has 2 aromatic rings. The number of aryl methyl sites for hydroxylation is 1. The van der Waals surface area contributed by atoms with Gasteiger partial charge in [-0.2, -0.15) is 0 Å². The summed E-state index contributed by atoms with van der Waals surface area (Å²) in [5.74, 6) is -0.127. The lowest BCUT2D eigenvalue weighted by Crippen LogP contribution is -2.55. The van der Waals surface area contributed by atoms with Gasteiger partial charge >= 0.3 is 0 Å². The zero-order valence-corrected chi connectivity index (χ0v) is 17.3. The van der Waals surface area contributed by atoms with Crippen molar-refractivity contribution in [1.82, 2.24) is 0 Å². The summed E-state index contributed by atoms with van der Waals surface area (Å²) in [6.45, 7) is 3.51. The summed E-state index contributed by atoms with van der Waals surface area (Å²) < 4.78 is 32.0. The van der Waals surface area contributed by atoms with Gasteiger partial charge in [-0.3, -0.25) is 4.79 Å². The standard InChI is InChI=1S/C14H20NO2.C7H8O3S/c1-15(2)10-8-14(17,9-11-15)13(16)12-6-4-3-5-7-12;1-6-2-4-7(5-3-6)11(8,9)10/h3-7,17H,8-11H2,1-2H3;2-5H,1H3,(H,8,9,10)/q+1;/p-1. The lowest BCUT2D eigenvalue weighted by atomic mass is 9.83. The monoisotopic (exact) mass is 405 g/mol. The van der Waals surface area contributed by atoms with Crippen molar-refractivity contribution in [2.45, 2.75) is 30.3 Å². The van der Waals surface area contributed by atoms with E-state index in [1.807, 2.05) is 25.1 Å². The number of nitrogens with zero attached hydrogens (tertiary/aromatic N) is 1. The van der Waals surface area contributed by atoms with Gasteiger partial charge in [-0.25, -0.2) is 8.42 Å². The quantitative estimate of drug-likeness (QED) is 0.481. The van der Waals surface area contributed by atoms with Crippen LogP contribution in [0.3, 0.4) is 0 Å². The minimum Gasteiger partial charge on any atom is -0.744 e. The highest BCUT2D eigenvalue weighted by Crippen LogP contribution is 2.28. The maximum atomic E-state index is 12.3. The van der Waals surface area contributed by atoms with Crippen LogP contribution in [0.4, 0.5) is 0 Å². The van der Waals surface area contributed by atoms with Crippen LogP contribution in [0.15, 0.2) is 59.5 Å². The summed E-state index contributed by atoms with van der Waals surface area (Å²) in [6.07, 6.45) is 1.10. The van der Waals surface area contributed by atoms with Gasteiger partial charge < -0.3 is 14.1 Å². The number of likely N-dealkylation sites (tertiary alicyclic amines) is 1. The van der Waals surface area contributed by atoms with Crippen LogP contribution in [0.2, 0.25) is 0 Å². The predicted octanol–water partition coefficient (Wildman–Crippen LogP) is 2.37. The Hall–Kier alpha value is -2.06. The van der Waals surface area contributed by atoms with Gasteiger partial charge in [0.25, 0.3) is 0 Å². The maximum absolute atomic E-state index is 12.3. The Labute approximate surface area is 166 Å². The first kappa shape index (κ1) is 22.2. The molecule has 1 saturated heterocycles. The number of aliphatic hydroxyl groups is 1. The minimum absolute atomic E-state index is 0.127. The van der Waals surface area contributed by atoms with Gasteiger partial charge in [-0.05, 0) is 19.1 Å². The highest BCUT2D eigenvalue weighted by Gasteiger charge is 2.43. The molecule has 6 nitrogen and oxygen atoms in total.